The lowest BCUT2D eigenvalue weighted by molar-refractivity contribution is -0.127. The van der Waals surface area contributed by atoms with Crippen molar-refractivity contribution >= 4 is 23.0 Å². The molecule has 0 spiro atoms. The van der Waals surface area contributed by atoms with E-state index in [9.17, 15) is 9.59 Å². The number of hydrogen-bond acceptors (Lipinski definition) is 4. The van der Waals surface area contributed by atoms with Gasteiger partial charge >= 0.3 is 6.03 Å². The average molecular weight is 379 g/mol. The van der Waals surface area contributed by atoms with Gasteiger partial charge in [-0.25, -0.2) is 9.78 Å². The first kappa shape index (κ1) is 17.8. The van der Waals surface area contributed by atoms with Gasteiger partial charge in [0, 0.05) is 18.3 Å². The summed E-state index contributed by atoms with van der Waals surface area (Å²) in [6.07, 6.45) is 3.04. The number of aromatic amines is 1. The molecular formula is C20H21N5O3. The Morgan fingerprint density at radius 1 is 1.29 bits per heavy atom. The number of aryl methyl sites for hydroxylation is 1. The summed E-state index contributed by atoms with van der Waals surface area (Å²) >= 11 is 0. The molecule has 1 aromatic carbocycles. The molecule has 3 amide bonds. The van der Waals surface area contributed by atoms with E-state index >= 15 is 0 Å². The summed E-state index contributed by atoms with van der Waals surface area (Å²) in [6, 6.07) is 6.79. The molecule has 144 valence electrons. The number of allylic oxidation sites excluding steroid dienone is 1. The first-order valence-corrected chi connectivity index (χ1v) is 8.93. The number of nitrogens with zero attached hydrogens (tertiary/aromatic N) is 2. The zero-order chi connectivity index (χ0) is 19.8. The van der Waals surface area contributed by atoms with Crippen molar-refractivity contribution in [3.8, 4) is 0 Å². The van der Waals surface area contributed by atoms with E-state index in [4.69, 9.17) is 4.42 Å². The summed E-state index contributed by atoms with van der Waals surface area (Å²) < 4.78 is 5.13. The molecule has 1 atom stereocenters. The first-order chi connectivity index (χ1) is 13.4. The van der Waals surface area contributed by atoms with Gasteiger partial charge in [-0.15, -0.1) is 0 Å². The monoisotopic (exact) mass is 379 g/mol. The molecule has 8 nitrogen and oxygen atoms in total. The van der Waals surface area contributed by atoms with E-state index in [1.807, 2.05) is 25.1 Å². The molecule has 28 heavy (non-hydrogen) atoms. The summed E-state index contributed by atoms with van der Waals surface area (Å²) in [5, 5.41) is 5.46. The number of aromatic nitrogens is 2. The Labute approximate surface area is 161 Å². The van der Waals surface area contributed by atoms with E-state index in [2.05, 4.69) is 20.6 Å². The third-order valence-corrected chi connectivity index (χ3v) is 4.80. The summed E-state index contributed by atoms with van der Waals surface area (Å²) in [5.74, 6) is 0.496. The largest absolute Gasteiger partial charge is 0.472 e. The summed E-state index contributed by atoms with van der Waals surface area (Å²) in [4.78, 5) is 34.5. The number of carbonyl (C=O) groups excluding carboxylic acids is 2. The molecule has 3 aromatic rings. The third-order valence-electron chi connectivity index (χ3n) is 4.80. The Morgan fingerprint density at radius 3 is 2.86 bits per heavy atom. The molecule has 8 heteroatoms. The predicted molar refractivity (Wildman–Crippen MR) is 103 cm³/mol. The van der Waals surface area contributed by atoms with Crippen LogP contribution in [0.5, 0.6) is 0 Å². The SMILES string of the molecule is CC1=C(C(=O)N(C)Cc2nc3ccc(C)cc3[nH]2)[C@H](c2ccoc2)NC(=O)N1. The number of likely N-dealkylation sites (N-methyl/N-ethyl adjacent to an activating group) is 1. The molecule has 0 fully saturated rings. The molecule has 0 saturated heterocycles. The van der Waals surface area contributed by atoms with Crippen molar-refractivity contribution < 1.29 is 14.0 Å². The molecule has 3 N–H and O–H groups in total. The number of furan rings is 1. The molecule has 0 radical (unpaired) electrons. The summed E-state index contributed by atoms with van der Waals surface area (Å²) in [7, 11) is 1.71. The molecule has 0 unspecified atom stereocenters. The predicted octanol–water partition coefficient (Wildman–Crippen LogP) is 2.75. The molecule has 3 heterocycles. The van der Waals surface area contributed by atoms with Gasteiger partial charge in [0.2, 0.25) is 0 Å². The lowest BCUT2D eigenvalue weighted by Crippen LogP contribution is -2.47. The van der Waals surface area contributed by atoms with Crippen LogP contribution in [0.3, 0.4) is 0 Å². The number of rotatable bonds is 4. The average Bonchev–Trinajstić information content (AvgIpc) is 3.29. The number of H-pyrrole nitrogens is 1. The van der Waals surface area contributed by atoms with Crippen molar-refractivity contribution in [2.24, 2.45) is 0 Å². The fourth-order valence-electron chi connectivity index (χ4n) is 3.42. The van der Waals surface area contributed by atoms with Crippen molar-refractivity contribution in [2.75, 3.05) is 7.05 Å². The molecular weight excluding hydrogens is 358 g/mol. The van der Waals surface area contributed by atoms with Crippen molar-refractivity contribution in [3.63, 3.8) is 0 Å². The van der Waals surface area contributed by atoms with E-state index in [0.29, 0.717) is 29.2 Å². The lowest BCUT2D eigenvalue weighted by Gasteiger charge is -2.30. The number of benzene rings is 1. The van der Waals surface area contributed by atoms with Gasteiger partial charge in [-0.3, -0.25) is 4.79 Å². The number of nitrogens with one attached hydrogen (secondary N) is 3. The Morgan fingerprint density at radius 2 is 2.11 bits per heavy atom. The van der Waals surface area contributed by atoms with Gasteiger partial charge in [0.15, 0.2) is 0 Å². The number of carbonyl (C=O) groups is 2. The Balaban J connectivity index is 1.60. The maximum Gasteiger partial charge on any atom is 0.319 e. The summed E-state index contributed by atoms with van der Waals surface area (Å²) in [6.45, 7) is 4.05. The minimum atomic E-state index is -0.569. The van der Waals surface area contributed by atoms with Gasteiger partial charge in [0.25, 0.3) is 5.91 Å². The van der Waals surface area contributed by atoms with Gasteiger partial charge in [0.05, 0.1) is 41.7 Å². The lowest BCUT2D eigenvalue weighted by atomic mass is 9.96. The van der Waals surface area contributed by atoms with Crippen LogP contribution in [0.25, 0.3) is 11.0 Å². The Kier molecular flexibility index (Phi) is 4.38. The highest BCUT2D eigenvalue weighted by Gasteiger charge is 2.33. The van der Waals surface area contributed by atoms with Crippen LogP contribution in [0, 0.1) is 6.92 Å². The molecule has 0 bridgehead atoms. The third kappa shape index (κ3) is 3.24. The fourth-order valence-corrected chi connectivity index (χ4v) is 3.42. The molecule has 0 saturated carbocycles. The highest BCUT2D eigenvalue weighted by atomic mass is 16.3. The minimum absolute atomic E-state index is 0.201. The van der Waals surface area contributed by atoms with Crippen molar-refractivity contribution in [2.45, 2.75) is 26.4 Å². The number of hydrogen-bond donors (Lipinski definition) is 3. The second-order valence-electron chi connectivity index (χ2n) is 6.99. The van der Waals surface area contributed by atoms with Crippen LogP contribution in [0.4, 0.5) is 4.79 Å². The standard InChI is InChI=1S/C20H21N5O3/c1-11-4-5-14-15(8-11)23-16(22-14)9-25(3)19(26)17-12(2)21-20(27)24-18(17)13-6-7-28-10-13/h4-8,10,18H,9H2,1-3H3,(H,22,23)(H2,21,24,27)/t18-/m0/s1. The van der Waals surface area contributed by atoms with E-state index in [1.54, 1.807) is 24.9 Å². The number of amides is 3. The minimum Gasteiger partial charge on any atom is -0.472 e. The first-order valence-electron chi connectivity index (χ1n) is 8.93. The van der Waals surface area contributed by atoms with Crippen molar-refractivity contribution in [1.29, 1.82) is 0 Å². The maximum absolute atomic E-state index is 13.2. The van der Waals surface area contributed by atoms with Crippen LogP contribution in [0.15, 0.2) is 52.5 Å². The van der Waals surface area contributed by atoms with Crippen LogP contribution in [0.2, 0.25) is 0 Å². The number of fused-ring (bicyclic) bond motifs is 1. The van der Waals surface area contributed by atoms with E-state index < -0.39 is 6.04 Å². The van der Waals surface area contributed by atoms with Crippen LogP contribution < -0.4 is 10.6 Å². The number of urea groups is 1. The number of imidazole rings is 1. The highest BCUT2D eigenvalue weighted by molar-refractivity contribution is 5.98. The molecule has 2 aromatic heterocycles. The van der Waals surface area contributed by atoms with Crippen molar-refractivity contribution in [3.05, 3.63) is 65.0 Å². The van der Waals surface area contributed by atoms with Gasteiger partial charge in [-0.05, 0) is 37.6 Å². The van der Waals surface area contributed by atoms with Crippen molar-refractivity contribution in [1.82, 2.24) is 25.5 Å². The molecule has 4 rings (SSSR count). The van der Waals surface area contributed by atoms with Gasteiger partial charge in [-0.2, -0.15) is 0 Å². The molecule has 0 aliphatic carbocycles. The zero-order valence-corrected chi connectivity index (χ0v) is 15.9. The van der Waals surface area contributed by atoms with E-state index in [-0.39, 0.29) is 11.9 Å². The van der Waals surface area contributed by atoms with E-state index in [1.165, 1.54) is 12.5 Å². The van der Waals surface area contributed by atoms with Crippen LogP contribution in [0.1, 0.15) is 29.9 Å². The quantitative estimate of drug-likeness (QED) is 0.648. The molecule has 1 aliphatic heterocycles. The topological polar surface area (TPSA) is 103 Å². The molecule has 1 aliphatic rings. The second-order valence-corrected chi connectivity index (χ2v) is 6.99. The second kappa shape index (κ2) is 6.88. The Hall–Kier alpha value is -3.55. The van der Waals surface area contributed by atoms with Crippen LogP contribution in [-0.4, -0.2) is 33.9 Å². The zero-order valence-electron chi connectivity index (χ0n) is 15.9. The van der Waals surface area contributed by atoms with Crippen LogP contribution in [-0.2, 0) is 11.3 Å². The highest BCUT2D eigenvalue weighted by Crippen LogP contribution is 2.28. The smallest absolute Gasteiger partial charge is 0.319 e. The summed E-state index contributed by atoms with van der Waals surface area (Å²) in [5.41, 5.74) is 4.64. The van der Waals surface area contributed by atoms with Gasteiger partial charge in [0.1, 0.15) is 5.82 Å². The van der Waals surface area contributed by atoms with Gasteiger partial charge < -0.3 is 24.9 Å². The van der Waals surface area contributed by atoms with Gasteiger partial charge in [-0.1, -0.05) is 6.07 Å². The fraction of sp³-hybridized carbons (Fsp3) is 0.250. The maximum atomic E-state index is 13.2. The Bertz CT molecular complexity index is 1080. The van der Waals surface area contributed by atoms with Crippen LogP contribution >= 0.6 is 0 Å². The van der Waals surface area contributed by atoms with E-state index in [0.717, 1.165) is 16.6 Å². The normalized spacial score (nSPS) is 16.8.